The summed E-state index contributed by atoms with van der Waals surface area (Å²) in [5, 5.41) is 8.40. The monoisotopic (exact) mass is 328 g/mol. The number of hydrazone groups is 1. The second-order valence-corrected chi connectivity index (χ2v) is 5.88. The number of rotatable bonds is 3. The molecule has 2 aliphatic rings. The van der Waals surface area contributed by atoms with Gasteiger partial charge in [0, 0.05) is 38.9 Å². The van der Waals surface area contributed by atoms with Crippen molar-refractivity contribution in [3.63, 3.8) is 0 Å². The molecular formula is C17H20N4O3. The molecule has 1 fully saturated rings. The molecule has 0 radical (unpaired) electrons. The second-order valence-electron chi connectivity index (χ2n) is 5.88. The Morgan fingerprint density at radius 3 is 2.67 bits per heavy atom. The maximum absolute atomic E-state index is 12.6. The summed E-state index contributed by atoms with van der Waals surface area (Å²) < 4.78 is 0. The average molecular weight is 328 g/mol. The van der Waals surface area contributed by atoms with E-state index in [1.165, 1.54) is 5.01 Å². The fraction of sp³-hybridized carbons (Fsp3) is 0.412. The van der Waals surface area contributed by atoms with Crippen LogP contribution in [0.3, 0.4) is 0 Å². The lowest BCUT2D eigenvalue weighted by atomic mass is 10.1. The Morgan fingerprint density at radius 2 is 1.88 bits per heavy atom. The lowest BCUT2D eigenvalue weighted by Crippen LogP contribution is -2.42. The van der Waals surface area contributed by atoms with Crippen molar-refractivity contribution >= 4 is 23.4 Å². The minimum Gasteiger partial charge on any atom is -0.354 e. The van der Waals surface area contributed by atoms with Crippen LogP contribution in [-0.4, -0.2) is 53.0 Å². The van der Waals surface area contributed by atoms with Gasteiger partial charge in [0.2, 0.25) is 11.8 Å². The molecule has 0 aromatic heterocycles. The van der Waals surface area contributed by atoms with Crippen molar-refractivity contribution in [2.75, 3.05) is 19.6 Å². The lowest BCUT2D eigenvalue weighted by Gasteiger charge is -2.26. The molecule has 1 N–H and O–H groups in total. The first-order valence-electron chi connectivity index (χ1n) is 8.11. The first-order chi connectivity index (χ1) is 11.6. The fourth-order valence-corrected chi connectivity index (χ4v) is 2.79. The molecule has 1 aromatic carbocycles. The molecular weight excluding hydrogens is 308 g/mol. The van der Waals surface area contributed by atoms with Gasteiger partial charge in [-0.05, 0) is 5.56 Å². The summed E-state index contributed by atoms with van der Waals surface area (Å²) in [6, 6.07) is 9.56. The van der Waals surface area contributed by atoms with Gasteiger partial charge >= 0.3 is 0 Å². The van der Waals surface area contributed by atoms with E-state index < -0.39 is 0 Å². The number of benzene rings is 1. The third-order valence-corrected chi connectivity index (χ3v) is 4.13. The van der Waals surface area contributed by atoms with Gasteiger partial charge in [0.15, 0.2) is 0 Å². The van der Waals surface area contributed by atoms with Crippen molar-refractivity contribution < 1.29 is 14.4 Å². The lowest BCUT2D eigenvalue weighted by molar-refractivity contribution is -0.132. The molecule has 24 heavy (non-hydrogen) atoms. The summed E-state index contributed by atoms with van der Waals surface area (Å²) in [5.74, 6) is -0.308. The van der Waals surface area contributed by atoms with Gasteiger partial charge in [0.05, 0.1) is 6.54 Å². The highest BCUT2D eigenvalue weighted by molar-refractivity contribution is 6.39. The molecule has 1 aromatic rings. The van der Waals surface area contributed by atoms with Crippen molar-refractivity contribution in [3.05, 3.63) is 35.9 Å². The SMILES string of the molecule is O=C1CCN(C(=O)C2=NN(Cc3ccccc3)C(=O)CC2)CCN1. The maximum atomic E-state index is 12.6. The molecule has 0 unspecified atom stereocenters. The fourth-order valence-electron chi connectivity index (χ4n) is 2.79. The quantitative estimate of drug-likeness (QED) is 0.878. The van der Waals surface area contributed by atoms with Crippen LogP contribution in [-0.2, 0) is 20.9 Å². The predicted octanol–water partition coefficient (Wildman–Crippen LogP) is 0.513. The van der Waals surface area contributed by atoms with Crippen molar-refractivity contribution in [1.82, 2.24) is 15.2 Å². The Bertz CT molecular complexity index is 672. The van der Waals surface area contributed by atoms with Gasteiger partial charge in [-0.1, -0.05) is 30.3 Å². The molecule has 3 rings (SSSR count). The molecule has 0 atom stereocenters. The molecule has 7 heteroatoms. The number of hydrogen-bond acceptors (Lipinski definition) is 4. The van der Waals surface area contributed by atoms with Gasteiger partial charge in [-0.3, -0.25) is 14.4 Å². The highest BCUT2D eigenvalue weighted by Crippen LogP contribution is 2.15. The van der Waals surface area contributed by atoms with E-state index in [-0.39, 0.29) is 24.1 Å². The molecule has 126 valence electrons. The zero-order chi connectivity index (χ0) is 16.9. The highest BCUT2D eigenvalue weighted by Gasteiger charge is 2.28. The van der Waals surface area contributed by atoms with Crippen molar-refractivity contribution in [2.24, 2.45) is 5.10 Å². The van der Waals surface area contributed by atoms with Gasteiger partial charge in [0.25, 0.3) is 5.91 Å². The maximum Gasteiger partial charge on any atom is 0.270 e. The number of amides is 3. The van der Waals surface area contributed by atoms with Crippen molar-refractivity contribution in [1.29, 1.82) is 0 Å². The number of nitrogens with zero attached hydrogens (tertiary/aromatic N) is 3. The van der Waals surface area contributed by atoms with Crippen LogP contribution in [0.4, 0.5) is 0 Å². The zero-order valence-electron chi connectivity index (χ0n) is 13.4. The van der Waals surface area contributed by atoms with E-state index in [0.29, 0.717) is 44.7 Å². The van der Waals surface area contributed by atoms with Crippen LogP contribution in [0.5, 0.6) is 0 Å². The van der Waals surface area contributed by atoms with Crippen LogP contribution in [0.1, 0.15) is 24.8 Å². The van der Waals surface area contributed by atoms with Gasteiger partial charge in [-0.15, -0.1) is 0 Å². The first-order valence-corrected chi connectivity index (χ1v) is 8.11. The Morgan fingerprint density at radius 1 is 1.08 bits per heavy atom. The Labute approximate surface area is 140 Å². The number of hydrogen-bond donors (Lipinski definition) is 1. The Kier molecular flexibility index (Phi) is 4.88. The van der Waals surface area contributed by atoms with E-state index in [2.05, 4.69) is 10.4 Å². The third kappa shape index (κ3) is 3.79. The number of carbonyl (C=O) groups is 3. The van der Waals surface area contributed by atoms with Crippen molar-refractivity contribution in [2.45, 2.75) is 25.8 Å². The smallest absolute Gasteiger partial charge is 0.270 e. The van der Waals surface area contributed by atoms with Crippen molar-refractivity contribution in [3.8, 4) is 0 Å². The minimum absolute atomic E-state index is 0.0447. The summed E-state index contributed by atoms with van der Waals surface area (Å²) in [5.41, 5.74) is 1.35. The minimum atomic E-state index is -0.183. The molecule has 2 heterocycles. The van der Waals surface area contributed by atoms with Crippen LogP contribution < -0.4 is 5.32 Å². The molecule has 0 bridgehead atoms. The normalized spacial score (nSPS) is 18.8. The molecule has 7 nitrogen and oxygen atoms in total. The largest absolute Gasteiger partial charge is 0.354 e. The van der Waals surface area contributed by atoms with E-state index in [4.69, 9.17) is 0 Å². The molecule has 1 saturated heterocycles. The average Bonchev–Trinajstić information content (AvgIpc) is 2.82. The zero-order valence-corrected chi connectivity index (χ0v) is 13.4. The summed E-state index contributed by atoms with van der Waals surface area (Å²) in [4.78, 5) is 37.7. The molecule has 3 amide bonds. The number of nitrogens with one attached hydrogen (secondary N) is 1. The molecule has 0 spiro atoms. The standard InChI is InChI=1S/C17H20N4O3/c22-15-8-10-20(11-9-18-15)17(24)14-6-7-16(23)21(19-14)12-13-4-2-1-3-5-13/h1-5H,6-12H2,(H,18,22). The van der Waals surface area contributed by atoms with Gasteiger partial charge < -0.3 is 10.2 Å². The summed E-state index contributed by atoms with van der Waals surface area (Å²) in [6.45, 7) is 1.66. The number of carbonyl (C=O) groups excluding carboxylic acids is 3. The summed E-state index contributed by atoms with van der Waals surface area (Å²) in [7, 11) is 0. The summed E-state index contributed by atoms with van der Waals surface area (Å²) in [6.07, 6.45) is 0.926. The Hall–Kier alpha value is -2.70. The van der Waals surface area contributed by atoms with E-state index in [9.17, 15) is 14.4 Å². The molecule has 0 aliphatic carbocycles. The Balaban J connectivity index is 1.72. The van der Waals surface area contributed by atoms with E-state index in [1.54, 1.807) is 4.90 Å². The van der Waals surface area contributed by atoms with Crippen LogP contribution in [0.2, 0.25) is 0 Å². The van der Waals surface area contributed by atoms with E-state index >= 15 is 0 Å². The van der Waals surface area contributed by atoms with Crippen LogP contribution in [0, 0.1) is 0 Å². The third-order valence-electron chi connectivity index (χ3n) is 4.13. The van der Waals surface area contributed by atoms with E-state index in [0.717, 1.165) is 5.56 Å². The molecule has 0 saturated carbocycles. The summed E-state index contributed by atoms with van der Waals surface area (Å²) >= 11 is 0. The van der Waals surface area contributed by atoms with Gasteiger partial charge in [-0.25, -0.2) is 5.01 Å². The predicted molar refractivity (Wildman–Crippen MR) is 87.9 cm³/mol. The van der Waals surface area contributed by atoms with Gasteiger partial charge in [-0.2, -0.15) is 5.10 Å². The van der Waals surface area contributed by atoms with Crippen LogP contribution in [0.25, 0.3) is 0 Å². The van der Waals surface area contributed by atoms with Crippen LogP contribution in [0.15, 0.2) is 35.4 Å². The topological polar surface area (TPSA) is 82.1 Å². The molecule has 2 aliphatic heterocycles. The van der Waals surface area contributed by atoms with Gasteiger partial charge in [0.1, 0.15) is 5.71 Å². The highest BCUT2D eigenvalue weighted by atomic mass is 16.2. The van der Waals surface area contributed by atoms with E-state index in [1.807, 2.05) is 30.3 Å². The van der Waals surface area contributed by atoms with Crippen LogP contribution >= 0.6 is 0 Å². The second kappa shape index (κ2) is 7.25. The first kappa shape index (κ1) is 16.2.